The second-order valence-electron chi connectivity index (χ2n) is 3.13. The number of aromatic nitrogens is 2. The third-order valence-corrected chi connectivity index (χ3v) is 2.09. The van der Waals surface area contributed by atoms with Crippen LogP contribution >= 0.6 is 12.4 Å². The lowest BCUT2D eigenvalue weighted by Gasteiger charge is -2.08. The van der Waals surface area contributed by atoms with Crippen molar-refractivity contribution in [3.63, 3.8) is 0 Å². The Labute approximate surface area is 83.5 Å². The Balaban J connectivity index is 0.000000845. The fourth-order valence-electron chi connectivity index (χ4n) is 1.50. The normalized spacial score (nSPS) is 21.4. The molecule has 4 nitrogen and oxygen atoms in total. The maximum Gasteiger partial charge on any atom is 0.141 e. The highest BCUT2D eigenvalue weighted by Gasteiger charge is 2.15. The summed E-state index contributed by atoms with van der Waals surface area (Å²) in [4.78, 5) is 3.94. The van der Waals surface area contributed by atoms with Crippen LogP contribution in [0.15, 0.2) is 12.5 Å². The summed E-state index contributed by atoms with van der Waals surface area (Å²) in [5.41, 5.74) is 5.48. The van der Waals surface area contributed by atoms with Crippen LogP contribution in [-0.4, -0.2) is 22.3 Å². The summed E-state index contributed by atoms with van der Waals surface area (Å²) in [5.74, 6) is 0.577. The van der Waals surface area contributed by atoms with E-state index in [0.717, 1.165) is 19.6 Å². The van der Waals surface area contributed by atoms with Gasteiger partial charge in [0.05, 0.1) is 12.4 Å². The third-order valence-electron chi connectivity index (χ3n) is 2.09. The lowest BCUT2D eigenvalue weighted by Crippen LogP contribution is -2.13. The fraction of sp³-hybridized carbons (Fsp3) is 0.625. The molecule has 1 saturated heterocycles. The van der Waals surface area contributed by atoms with Crippen molar-refractivity contribution in [1.82, 2.24) is 9.55 Å². The van der Waals surface area contributed by atoms with Crippen molar-refractivity contribution in [2.75, 3.05) is 12.3 Å². The van der Waals surface area contributed by atoms with Crippen molar-refractivity contribution in [3.05, 3.63) is 12.5 Å². The van der Waals surface area contributed by atoms with Crippen molar-refractivity contribution < 1.29 is 4.74 Å². The minimum absolute atomic E-state index is 0. The lowest BCUT2D eigenvalue weighted by atomic mass is 10.2. The SMILES string of the molecule is Cl.Nc1cn(CC2CCCO2)cn1. The molecule has 74 valence electrons. The molecular formula is C8H14ClN3O. The number of hydrogen-bond donors (Lipinski definition) is 1. The first-order valence-electron chi connectivity index (χ1n) is 4.23. The Kier molecular flexibility index (Phi) is 3.57. The Bertz CT molecular complexity index is 258. The van der Waals surface area contributed by atoms with Gasteiger partial charge in [0.2, 0.25) is 0 Å². The average Bonchev–Trinajstić information content (AvgIpc) is 2.63. The van der Waals surface area contributed by atoms with Crippen molar-refractivity contribution in [2.45, 2.75) is 25.5 Å². The molecule has 0 saturated carbocycles. The lowest BCUT2D eigenvalue weighted by molar-refractivity contribution is 0.0970. The van der Waals surface area contributed by atoms with E-state index in [-0.39, 0.29) is 12.4 Å². The average molecular weight is 204 g/mol. The van der Waals surface area contributed by atoms with E-state index in [1.807, 2.05) is 10.8 Å². The number of nitrogens with two attached hydrogens (primary N) is 1. The van der Waals surface area contributed by atoms with Gasteiger partial charge >= 0.3 is 0 Å². The minimum Gasteiger partial charge on any atom is -0.382 e. The molecule has 1 aromatic heterocycles. The summed E-state index contributed by atoms with van der Waals surface area (Å²) in [6.45, 7) is 1.78. The summed E-state index contributed by atoms with van der Waals surface area (Å²) in [6, 6.07) is 0. The number of halogens is 1. The number of imidazole rings is 1. The monoisotopic (exact) mass is 203 g/mol. The van der Waals surface area contributed by atoms with E-state index in [4.69, 9.17) is 10.5 Å². The summed E-state index contributed by atoms with van der Waals surface area (Å²) in [6.07, 6.45) is 6.27. The number of hydrogen-bond acceptors (Lipinski definition) is 3. The van der Waals surface area contributed by atoms with Crippen LogP contribution in [0.5, 0.6) is 0 Å². The smallest absolute Gasteiger partial charge is 0.141 e. The number of anilines is 1. The second-order valence-corrected chi connectivity index (χ2v) is 3.13. The van der Waals surface area contributed by atoms with Gasteiger partial charge in [-0.2, -0.15) is 0 Å². The molecular weight excluding hydrogens is 190 g/mol. The van der Waals surface area contributed by atoms with Gasteiger partial charge in [0.1, 0.15) is 5.82 Å². The summed E-state index contributed by atoms with van der Waals surface area (Å²) in [7, 11) is 0. The van der Waals surface area contributed by atoms with Crippen LogP contribution in [0.2, 0.25) is 0 Å². The predicted octanol–water partition coefficient (Wildman–Crippen LogP) is 1.07. The van der Waals surface area contributed by atoms with Crippen LogP contribution in [0.1, 0.15) is 12.8 Å². The molecule has 0 aromatic carbocycles. The largest absolute Gasteiger partial charge is 0.382 e. The summed E-state index contributed by atoms with van der Waals surface area (Å²) in [5, 5.41) is 0. The van der Waals surface area contributed by atoms with E-state index < -0.39 is 0 Å². The van der Waals surface area contributed by atoms with Crippen LogP contribution in [0.4, 0.5) is 5.82 Å². The molecule has 1 unspecified atom stereocenters. The van der Waals surface area contributed by atoms with Crippen LogP contribution < -0.4 is 5.73 Å². The third kappa shape index (κ3) is 2.60. The van der Waals surface area contributed by atoms with E-state index in [0.29, 0.717) is 11.9 Å². The first kappa shape index (κ1) is 10.3. The Morgan fingerprint density at radius 2 is 2.54 bits per heavy atom. The van der Waals surface area contributed by atoms with Gasteiger partial charge in [-0.3, -0.25) is 0 Å². The minimum atomic E-state index is 0. The van der Waals surface area contributed by atoms with Crippen molar-refractivity contribution in [2.24, 2.45) is 0 Å². The molecule has 0 radical (unpaired) electrons. The van der Waals surface area contributed by atoms with Crippen molar-refractivity contribution >= 4 is 18.2 Å². The first-order valence-corrected chi connectivity index (χ1v) is 4.23. The molecule has 2 heterocycles. The number of ether oxygens (including phenoxy) is 1. The molecule has 0 amide bonds. The van der Waals surface area contributed by atoms with Gasteiger partial charge in [-0.15, -0.1) is 12.4 Å². The van der Waals surface area contributed by atoms with Gasteiger partial charge in [0.15, 0.2) is 0 Å². The molecule has 1 fully saturated rings. The van der Waals surface area contributed by atoms with Crippen molar-refractivity contribution in [1.29, 1.82) is 0 Å². The van der Waals surface area contributed by atoms with E-state index in [1.54, 1.807) is 6.33 Å². The molecule has 5 heteroatoms. The van der Waals surface area contributed by atoms with E-state index in [2.05, 4.69) is 4.98 Å². The second kappa shape index (κ2) is 4.48. The molecule has 1 aromatic rings. The van der Waals surface area contributed by atoms with Gasteiger partial charge in [-0.1, -0.05) is 0 Å². The summed E-state index contributed by atoms with van der Waals surface area (Å²) < 4.78 is 7.45. The Hall–Kier alpha value is -0.740. The van der Waals surface area contributed by atoms with Crippen LogP contribution in [0, 0.1) is 0 Å². The topological polar surface area (TPSA) is 53.1 Å². The van der Waals surface area contributed by atoms with Crippen LogP contribution in [-0.2, 0) is 11.3 Å². The zero-order valence-corrected chi connectivity index (χ0v) is 8.17. The zero-order chi connectivity index (χ0) is 8.39. The van der Waals surface area contributed by atoms with Gasteiger partial charge in [-0.25, -0.2) is 4.98 Å². The first-order chi connectivity index (χ1) is 5.84. The standard InChI is InChI=1S/C8H13N3O.ClH/c9-8-5-11(6-10-8)4-7-2-1-3-12-7;/h5-7H,1-4,9H2;1H. The van der Waals surface area contributed by atoms with E-state index >= 15 is 0 Å². The highest BCUT2D eigenvalue weighted by atomic mass is 35.5. The highest BCUT2D eigenvalue weighted by Crippen LogP contribution is 2.14. The van der Waals surface area contributed by atoms with E-state index in [1.165, 1.54) is 6.42 Å². The van der Waals surface area contributed by atoms with E-state index in [9.17, 15) is 0 Å². The van der Waals surface area contributed by atoms with Gasteiger partial charge in [-0.05, 0) is 12.8 Å². The quantitative estimate of drug-likeness (QED) is 0.782. The predicted molar refractivity (Wildman–Crippen MR) is 52.9 cm³/mol. The number of rotatable bonds is 2. The highest BCUT2D eigenvalue weighted by molar-refractivity contribution is 5.85. The molecule has 2 N–H and O–H groups in total. The number of nitrogen functional groups attached to an aromatic ring is 1. The van der Waals surface area contributed by atoms with Gasteiger partial charge < -0.3 is 15.0 Å². The molecule has 1 aliphatic rings. The maximum absolute atomic E-state index is 5.48. The number of nitrogens with zero attached hydrogens (tertiary/aromatic N) is 2. The molecule has 1 atom stereocenters. The van der Waals surface area contributed by atoms with Crippen LogP contribution in [0.25, 0.3) is 0 Å². The van der Waals surface area contributed by atoms with Gasteiger partial charge in [0.25, 0.3) is 0 Å². The Morgan fingerprint density at radius 1 is 1.69 bits per heavy atom. The molecule has 1 aliphatic heterocycles. The maximum atomic E-state index is 5.48. The molecule has 0 aliphatic carbocycles. The van der Waals surface area contributed by atoms with Crippen LogP contribution in [0.3, 0.4) is 0 Å². The fourth-order valence-corrected chi connectivity index (χ4v) is 1.50. The molecule has 2 rings (SSSR count). The Morgan fingerprint density at radius 3 is 3.08 bits per heavy atom. The molecule has 0 bridgehead atoms. The zero-order valence-electron chi connectivity index (χ0n) is 7.35. The molecule has 0 spiro atoms. The summed E-state index contributed by atoms with van der Waals surface area (Å²) >= 11 is 0. The van der Waals surface area contributed by atoms with Crippen molar-refractivity contribution in [3.8, 4) is 0 Å². The van der Waals surface area contributed by atoms with Gasteiger partial charge in [0, 0.05) is 19.3 Å². The molecule has 13 heavy (non-hydrogen) atoms.